The van der Waals surface area contributed by atoms with Crippen LogP contribution in [-0.4, -0.2) is 38.8 Å². The van der Waals surface area contributed by atoms with Crippen molar-refractivity contribution in [1.29, 1.82) is 0 Å². The highest BCUT2D eigenvalue weighted by Gasteiger charge is 2.31. The molecule has 5 heteroatoms. The number of likely N-dealkylation sites (tertiary alicyclic amines) is 1. The highest BCUT2D eigenvalue weighted by molar-refractivity contribution is 5.79. The highest BCUT2D eigenvalue weighted by Crippen LogP contribution is 2.33. The average Bonchev–Trinajstić information content (AvgIpc) is 2.74. The van der Waals surface area contributed by atoms with E-state index in [1.165, 1.54) is 0 Å². The van der Waals surface area contributed by atoms with E-state index in [1.54, 1.807) is 18.7 Å². The van der Waals surface area contributed by atoms with Crippen molar-refractivity contribution in [3.8, 4) is 11.1 Å². The van der Waals surface area contributed by atoms with Crippen molar-refractivity contribution in [2.24, 2.45) is 5.92 Å². The topological polar surface area (TPSA) is 59.0 Å². The summed E-state index contributed by atoms with van der Waals surface area (Å²) in [6, 6.07) is 3.98. The molecule has 0 spiro atoms. The Bertz CT molecular complexity index is 790. The molecule has 4 rings (SSSR count). The van der Waals surface area contributed by atoms with Crippen molar-refractivity contribution in [2.45, 2.75) is 38.0 Å². The van der Waals surface area contributed by atoms with Gasteiger partial charge in [0.15, 0.2) is 0 Å². The van der Waals surface area contributed by atoms with Gasteiger partial charge in [-0.15, -0.1) is 0 Å². The van der Waals surface area contributed by atoms with E-state index < -0.39 is 0 Å². The number of nitrogens with zero attached hydrogens (tertiary/aromatic N) is 4. The van der Waals surface area contributed by atoms with E-state index in [0.29, 0.717) is 5.91 Å². The summed E-state index contributed by atoms with van der Waals surface area (Å²) in [7, 11) is 0. The maximum Gasteiger partial charge on any atom is 0.226 e. The van der Waals surface area contributed by atoms with Gasteiger partial charge in [-0.05, 0) is 49.8 Å². The van der Waals surface area contributed by atoms with Gasteiger partial charge in [0.2, 0.25) is 5.91 Å². The molecule has 2 atom stereocenters. The number of carbonyl (C=O) groups is 1. The third-order valence-electron chi connectivity index (χ3n) is 5.47. The molecular weight excluding hydrogens is 324 g/mol. The SMILES string of the molecule is O=C([C@H]1CC=CCC1)N1CCC[C@@H](c2ncncc2-c2ccncc2)C1. The standard InChI is InChI=1S/C21H24N4O/c26-21(17-5-2-1-3-6-17)25-12-4-7-18(14-25)20-19(13-23-15-24-20)16-8-10-22-11-9-16/h1-2,8-11,13,15,17-18H,3-7,12,14H2/t17-,18+/m0/s1. The van der Waals surface area contributed by atoms with Gasteiger partial charge in [-0.3, -0.25) is 9.78 Å². The van der Waals surface area contributed by atoms with Crippen LogP contribution in [0, 0.1) is 5.92 Å². The van der Waals surface area contributed by atoms with Crippen LogP contribution in [0.25, 0.3) is 11.1 Å². The van der Waals surface area contributed by atoms with Gasteiger partial charge in [-0.1, -0.05) is 12.2 Å². The molecule has 26 heavy (non-hydrogen) atoms. The maximum absolute atomic E-state index is 12.9. The number of carbonyl (C=O) groups excluding carboxylic acids is 1. The number of hydrogen-bond acceptors (Lipinski definition) is 4. The van der Waals surface area contributed by atoms with E-state index in [1.807, 2.05) is 18.3 Å². The van der Waals surface area contributed by atoms with Gasteiger partial charge < -0.3 is 4.90 Å². The second kappa shape index (κ2) is 7.77. The van der Waals surface area contributed by atoms with Crippen LogP contribution in [0.2, 0.25) is 0 Å². The smallest absolute Gasteiger partial charge is 0.226 e. The first kappa shape index (κ1) is 16.9. The molecule has 2 aromatic rings. The minimum Gasteiger partial charge on any atom is -0.342 e. The van der Waals surface area contributed by atoms with Crippen LogP contribution >= 0.6 is 0 Å². The number of pyridine rings is 1. The van der Waals surface area contributed by atoms with E-state index in [2.05, 4.69) is 32.0 Å². The molecule has 2 aromatic heterocycles. The Kier molecular flexibility index (Phi) is 5.04. The minimum atomic E-state index is 0.156. The number of allylic oxidation sites excluding steroid dienone is 2. The predicted octanol–water partition coefficient (Wildman–Crippen LogP) is 3.60. The van der Waals surface area contributed by atoms with Crippen molar-refractivity contribution in [1.82, 2.24) is 19.9 Å². The normalized spacial score (nSPS) is 23.0. The molecule has 2 aliphatic rings. The fraction of sp³-hybridized carbons (Fsp3) is 0.429. The molecule has 0 bridgehead atoms. The molecule has 0 saturated carbocycles. The summed E-state index contributed by atoms with van der Waals surface area (Å²) in [5.74, 6) is 0.736. The van der Waals surface area contributed by atoms with Crippen molar-refractivity contribution in [3.05, 3.63) is 54.9 Å². The van der Waals surface area contributed by atoms with Gasteiger partial charge in [0, 0.05) is 49.1 Å². The molecule has 5 nitrogen and oxygen atoms in total. The molecule has 1 fully saturated rings. The number of aromatic nitrogens is 3. The summed E-state index contributed by atoms with van der Waals surface area (Å²) >= 11 is 0. The Balaban J connectivity index is 1.55. The van der Waals surface area contributed by atoms with Crippen molar-refractivity contribution in [3.63, 3.8) is 0 Å². The Labute approximate surface area is 154 Å². The second-order valence-electron chi connectivity index (χ2n) is 7.16. The van der Waals surface area contributed by atoms with Crippen molar-refractivity contribution < 1.29 is 4.79 Å². The summed E-state index contributed by atoms with van der Waals surface area (Å²) in [5.41, 5.74) is 3.18. The molecule has 0 aromatic carbocycles. The number of piperidine rings is 1. The Morgan fingerprint density at radius 2 is 2.00 bits per heavy atom. The maximum atomic E-state index is 12.9. The van der Waals surface area contributed by atoms with Crippen LogP contribution in [0.15, 0.2) is 49.2 Å². The Hall–Kier alpha value is -2.56. The fourth-order valence-corrected chi connectivity index (χ4v) is 4.09. The van der Waals surface area contributed by atoms with E-state index in [4.69, 9.17) is 0 Å². The molecule has 3 heterocycles. The summed E-state index contributed by atoms with van der Waals surface area (Å²) in [4.78, 5) is 27.9. The Morgan fingerprint density at radius 1 is 1.12 bits per heavy atom. The molecular formula is C21H24N4O. The minimum absolute atomic E-state index is 0.156. The molecule has 0 N–H and O–H groups in total. The van der Waals surface area contributed by atoms with Gasteiger partial charge >= 0.3 is 0 Å². The van der Waals surface area contributed by atoms with Gasteiger partial charge in [-0.25, -0.2) is 9.97 Å². The van der Waals surface area contributed by atoms with Crippen molar-refractivity contribution >= 4 is 5.91 Å². The van der Waals surface area contributed by atoms with E-state index >= 15 is 0 Å². The van der Waals surface area contributed by atoms with E-state index in [-0.39, 0.29) is 11.8 Å². The molecule has 0 radical (unpaired) electrons. The van der Waals surface area contributed by atoms with Crippen LogP contribution in [0.4, 0.5) is 0 Å². The van der Waals surface area contributed by atoms with Crippen LogP contribution in [-0.2, 0) is 4.79 Å². The monoisotopic (exact) mass is 348 g/mol. The first-order valence-electron chi connectivity index (χ1n) is 9.47. The van der Waals surface area contributed by atoms with Gasteiger partial charge in [0.1, 0.15) is 6.33 Å². The predicted molar refractivity (Wildman–Crippen MR) is 100 cm³/mol. The molecule has 1 aliphatic heterocycles. The average molecular weight is 348 g/mol. The van der Waals surface area contributed by atoms with Crippen LogP contribution < -0.4 is 0 Å². The highest BCUT2D eigenvalue weighted by atomic mass is 16.2. The third-order valence-corrected chi connectivity index (χ3v) is 5.47. The lowest BCUT2D eigenvalue weighted by Gasteiger charge is -2.35. The van der Waals surface area contributed by atoms with Crippen LogP contribution in [0.3, 0.4) is 0 Å². The summed E-state index contributed by atoms with van der Waals surface area (Å²) in [6.45, 7) is 1.62. The molecule has 1 aliphatic carbocycles. The number of hydrogen-bond donors (Lipinski definition) is 0. The quantitative estimate of drug-likeness (QED) is 0.795. The Morgan fingerprint density at radius 3 is 2.81 bits per heavy atom. The lowest BCUT2D eigenvalue weighted by Crippen LogP contribution is -2.42. The lowest BCUT2D eigenvalue weighted by atomic mass is 9.88. The van der Waals surface area contributed by atoms with Crippen molar-refractivity contribution in [2.75, 3.05) is 13.1 Å². The molecule has 0 unspecified atom stereocenters. The lowest BCUT2D eigenvalue weighted by molar-refractivity contribution is -0.137. The second-order valence-corrected chi connectivity index (χ2v) is 7.16. The molecule has 134 valence electrons. The molecule has 1 amide bonds. The van der Waals surface area contributed by atoms with Gasteiger partial charge in [0.05, 0.1) is 5.69 Å². The zero-order valence-electron chi connectivity index (χ0n) is 14.9. The fourth-order valence-electron chi connectivity index (χ4n) is 4.09. The largest absolute Gasteiger partial charge is 0.342 e. The van der Waals surface area contributed by atoms with E-state index in [0.717, 1.165) is 62.0 Å². The number of rotatable bonds is 3. The zero-order valence-corrected chi connectivity index (χ0v) is 14.9. The summed E-state index contributed by atoms with van der Waals surface area (Å²) in [5, 5.41) is 0. The third kappa shape index (κ3) is 3.52. The van der Waals surface area contributed by atoms with Crippen LogP contribution in [0.5, 0.6) is 0 Å². The summed E-state index contributed by atoms with van der Waals surface area (Å²) in [6.07, 6.45) is 16.4. The van der Waals surface area contributed by atoms with Crippen LogP contribution in [0.1, 0.15) is 43.7 Å². The first-order chi connectivity index (χ1) is 12.8. The number of amides is 1. The zero-order chi connectivity index (χ0) is 17.8. The van der Waals surface area contributed by atoms with Gasteiger partial charge in [0.25, 0.3) is 0 Å². The molecule has 1 saturated heterocycles. The first-order valence-corrected chi connectivity index (χ1v) is 9.47. The van der Waals surface area contributed by atoms with E-state index in [9.17, 15) is 4.79 Å². The summed E-state index contributed by atoms with van der Waals surface area (Å²) < 4.78 is 0. The van der Waals surface area contributed by atoms with Gasteiger partial charge in [-0.2, -0.15) is 0 Å².